The fourth-order valence-corrected chi connectivity index (χ4v) is 3.49. The number of aldehydes is 1. The molecule has 0 atom stereocenters. The van der Waals surface area contributed by atoms with Gasteiger partial charge in [0.05, 0.1) is 5.69 Å². The average Bonchev–Trinajstić information content (AvgIpc) is 2.61. The number of rotatable bonds is 2. The van der Waals surface area contributed by atoms with E-state index in [1.54, 1.807) is 42.5 Å². The van der Waals surface area contributed by atoms with Crippen LogP contribution in [0.25, 0.3) is 10.8 Å². The van der Waals surface area contributed by atoms with Crippen LogP contribution >= 0.6 is 15.9 Å². The molecule has 3 aromatic rings. The van der Waals surface area contributed by atoms with Gasteiger partial charge >= 0.3 is 0 Å². The van der Waals surface area contributed by atoms with Gasteiger partial charge in [-0.25, -0.2) is 4.90 Å². The van der Waals surface area contributed by atoms with Gasteiger partial charge in [0.2, 0.25) is 0 Å². The molecule has 0 saturated heterocycles. The smallest absolute Gasteiger partial charge is 0.265 e. The summed E-state index contributed by atoms with van der Waals surface area (Å²) in [5.74, 6) is -0.779. The molecule has 0 saturated carbocycles. The molecular weight excluding hydrogens is 370 g/mol. The van der Waals surface area contributed by atoms with Crippen LogP contribution in [0, 0.1) is 0 Å². The summed E-state index contributed by atoms with van der Waals surface area (Å²) in [5, 5.41) is 1.48. The summed E-state index contributed by atoms with van der Waals surface area (Å²) in [5.41, 5.74) is 1.74. The van der Waals surface area contributed by atoms with E-state index in [1.165, 1.54) is 6.07 Å². The summed E-state index contributed by atoms with van der Waals surface area (Å²) in [7, 11) is 0. The van der Waals surface area contributed by atoms with Crippen molar-refractivity contribution in [3.63, 3.8) is 0 Å². The molecule has 24 heavy (non-hydrogen) atoms. The highest BCUT2D eigenvalue weighted by molar-refractivity contribution is 9.10. The van der Waals surface area contributed by atoms with Crippen LogP contribution in [-0.2, 0) is 0 Å². The standard InChI is InChI=1S/C19H10BrNO3/c20-16-8-7-15-17-13(16)5-2-6-14(17)18(23)21(19(15)24)12-4-1-3-11(9-12)10-22/h1-10H. The van der Waals surface area contributed by atoms with Crippen LogP contribution in [0.4, 0.5) is 5.69 Å². The Kier molecular flexibility index (Phi) is 3.32. The minimum atomic E-state index is -0.390. The third-order valence-electron chi connectivity index (χ3n) is 4.12. The number of imide groups is 1. The van der Waals surface area contributed by atoms with Crippen molar-refractivity contribution in [2.75, 3.05) is 4.90 Å². The monoisotopic (exact) mass is 379 g/mol. The van der Waals surface area contributed by atoms with Gasteiger partial charge in [0, 0.05) is 26.5 Å². The maximum atomic E-state index is 12.9. The van der Waals surface area contributed by atoms with Crippen molar-refractivity contribution in [3.8, 4) is 0 Å². The van der Waals surface area contributed by atoms with E-state index in [4.69, 9.17) is 0 Å². The van der Waals surface area contributed by atoms with Gasteiger partial charge in [-0.05, 0) is 35.7 Å². The first-order valence-corrected chi connectivity index (χ1v) is 8.06. The van der Waals surface area contributed by atoms with Crippen molar-refractivity contribution < 1.29 is 14.4 Å². The maximum absolute atomic E-state index is 12.9. The van der Waals surface area contributed by atoms with E-state index >= 15 is 0 Å². The lowest BCUT2D eigenvalue weighted by Gasteiger charge is -2.27. The van der Waals surface area contributed by atoms with E-state index in [0.717, 1.165) is 14.8 Å². The molecule has 116 valence electrons. The Morgan fingerprint density at radius 3 is 2.33 bits per heavy atom. The first kappa shape index (κ1) is 14.8. The van der Waals surface area contributed by atoms with E-state index in [9.17, 15) is 14.4 Å². The molecule has 4 nitrogen and oxygen atoms in total. The third-order valence-corrected chi connectivity index (χ3v) is 4.81. The Hall–Kier alpha value is -2.79. The highest BCUT2D eigenvalue weighted by Gasteiger charge is 2.34. The van der Waals surface area contributed by atoms with Crippen LogP contribution in [0.1, 0.15) is 31.1 Å². The summed E-state index contributed by atoms with van der Waals surface area (Å²) in [6.45, 7) is 0. The first-order valence-electron chi connectivity index (χ1n) is 7.27. The highest BCUT2D eigenvalue weighted by atomic mass is 79.9. The quantitative estimate of drug-likeness (QED) is 0.494. The fourth-order valence-electron chi connectivity index (χ4n) is 3.03. The fraction of sp³-hybridized carbons (Fsp3) is 0. The molecule has 5 heteroatoms. The Bertz CT molecular complexity index is 1020. The molecule has 4 rings (SSSR count). The van der Waals surface area contributed by atoms with Crippen LogP contribution in [0.3, 0.4) is 0 Å². The van der Waals surface area contributed by atoms with Gasteiger partial charge in [-0.15, -0.1) is 0 Å². The largest absolute Gasteiger partial charge is 0.298 e. The minimum absolute atomic E-state index is 0.389. The van der Waals surface area contributed by atoms with Crippen LogP contribution in [0.15, 0.2) is 59.1 Å². The van der Waals surface area contributed by atoms with E-state index in [-0.39, 0.29) is 11.8 Å². The number of hydrogen-bond acceptors (Lipinski definition) is 3. The summed E-state index contributed by atoms with van der Waals surface area (Å²) in [6, 6.07) is 15.3. The van der Waals surface area contributed by atoms with Gasteiger partial charge in [0.1, 0.15) is 6.29 Å². The average molecular weight is 380 g/mol. The topological polar surface area (TPSA) is 54.5 Å². The van der Waals surface area contributed by atoms with Crippen LogP contribution < -0.4 is 4.90 Å². The van der Waals surface area contributed by atoms with Crippen molar-refractivity contribution in [1.82, 2.24) is 0 Å². The third kappa shape index (κ3) is 2.02. The Morgan fingerprint density at radius 1 is 0.875 bits per heavy atom. The van der Waals surface area contributed by atoms with Crippen LogP contribution in [0.2, 0.25) is 0 Å². The van der Waals surface area contributed by atoms with E-state index in [0.29, 0.717) is 34.1 Å². The molecule has 3 aromatic carbocycles. The summed E-state index contributed by atoms with van der Waals surface area (Å²) < 4.78 is 0.833. The van der Waals surface area contributed by atoms with E-state index in [2.05, 4.69) is 15.9 Å². The lowest BCUT2D eigenvalue weighted by molar-refractivity contribution is 0.0892. The number of amides is 2. The van der Waals surface area contributed by atoms with Gasteiger partial charge in [0.25, 0.3) is 11.8 Å². The molecule has 0 radical (unpaired) electrons. The van der Waals surface area contributed by atoms with Gasteiger partial charge in [0.15, 0.2) is 0 Å². The summed E-state index contributed by atoms with van der Waals surface area (Å²) >= 11 is 3.46. The van der Waals surface area contributed by atoms with Gasteiger partial charge in [-0.2, -0.15) is 0 Å². The molecule has 1 aliphatic heterocycles. The Balaban J connectivity index is 1.98. The number of halogens is 1. The number of anilines is 1. The zero-order valence-corrected chi connectivity index (χ0v) is 13.9. The molecule has 1 heterocycles. The van der Waals surface area contributed by atoms with Gasteiger partial charge in [-0.1, -0.05) is 40.2 Å². The van der Waals surface area contributed by atoms with Crippen molar-refractivity contribution in [1.29, 1.82) is 0 Å². The number of benzene rings is 3. The molecule has 0 N–H and O–H groups in total. The molecule has 0 aromatic heterocycles. The molecule has 0 unspecified atom stereocenters. The van der Waals surface area contributed by atoms with Gasteiger partial charge in [-0.3, -0.25) is 14.4 Å². The molecule has 2 amide bonds. The summed E-state index contributed by atoms with van der Waals surface area (Å²) in [4.78, 5) is 38.0. The molecule has 0 bridgehead atoms. The van der Waals surface area contributed by atoms with Crippen LogP contribution in [-0.4, -0.2) is 18.1 Å². The second kappa shape index (κ2) is 5.39. The lowest BCUT2D eigenvalue weighted by Crippen LogP contribution is -2.40. The van der Waals surface area contributed by atoms with Gasteiger partial charge < -0.3 is 0 Å². The van der Waals surface area contributed by atoms with Crippen LogP contribution in [0.5, 0.6) is 0 Å². The van der Waals surface area contributed by atoms with Crippen molar-refractivity contribution in [2.24, 2.45) is 0 Å². The highest BCUT2D eigenvalue weighted by Crippen LogP contribution is 2.36. The summed E-state index contributed by atoms with van der Waals surface area (Å²) in [6.07, 6.45) is 0.689. The number of hydrogen-bond donors (Lipinski definition) is 0. The first-order chi connectivity index (χ1) is 11.6. The molecular formula is C19H10BrNO3. The molecule has 0 aliphatic carbocycles. The Labute approximate surface area is 145 Å². The van der Waals surface area contributed by atoms with Crippen molar-refractivity contribution in [2.45, 2.75) is 0 Å². The molecule has 0 spiro atoms. The second-order valence-corrected chi connectivity index (χ2v) is 6.34. The lowest BCUT2D eigenvalue weighted by atomic mass is 9.93. The normalized spacial score (nSPS) is 13.5. The number of carbonyl (C=O) groups excluding carboxylic acids is 3. The van der Waals surface area contributed by atoms with E-state index in [1.807, 2.05) is 6.07 Å². The molecule has 0 fully saturated rings. The SMILES string of the molecule is O=Cc1cccc(N2C(=O)c3cccc4c(Br)ccc(c34)C2=O)c1. The van der Waals surface area contributed by atoms with E-state index < -0.39 is 0 Å². The van der Waals surface area contributed by atoms with Crippen molar-refractivity contribution >= 4 is 50.5 Å². The zero-order chi connectivity index (χ0) is 16.8. The number of carbonyl (C=O) groups is 3. The Morgan fingerprint density at radius 2 is 1.58 bits per heavy atom. The second-order valence-electron chi connectivity index (χ2n) is 5.48. The zero-order valence-electron chi connectivity index (χ0n) is 12.3. The predicted molar refractivity (Wildman–Crippen MR) is 94.6 cm³/mol. The minimum Gasteiger partial charge on any atom is -0.298 e. The maximum Gasteiger partial charge on any atom is 0.265 e. The van der Waals surface area contributed by atoms with Crippen molar-refractivity contribution in [3.05, 3.63) is 75.8 Å². The predicted octanol–water partition coefficient (Wildman–Crippen LogP) is 4.22. The molecule has 1 aliphatic rings. The number of nitrogens with zero attached hydrogens (tertiary/aromatic N) is 1.